The van der Waals surface area contributed by atoms with Gasteiger partial charge in [-0.1, -0.05) is 37.3 Å². The number of nitrogens with one attached hydrogen (secondary N) is 1. The van der Waals surface area contributed by atoms with Crippen molar-refractivity contribution in [2.45, 2.75) is 52.1 Å². The van der Waals surface area contributed by atoms with Crippen molar-refractivity contribution >= 4 is 6.09 Å². The zero-order chi connectivity index (χ0) is 17.6. The molecule has 0 radical (unpaired) electrons. The second-order valence-corrected chi connectivity index (χ2v) is 6.90. The Morgan fingerprint density at radius 3 is 2.67 bits per heavy atom. The third kappa shape index (κ3) is 5.72. The Hall–Kier alpha value is -2.30. The summed E-state index contributed by atoms with van der Waals surface area (Å²) < 4.78 is 11.1. The molecule has 0 bridgehead atoms. The number of ether oxygens (including phenoxy) is 1. The number of alkyl carbamates (subject to hydrolysis) is 1. The van der Waals surface area contributed by atoms with Crippen molar-refractivity contribution < 1.29 is 13.9 Å². The number of rotatable bonds is 6. The molecule has 1 amide bonds. The van der Waals surface area contributed by atoms with Crippen molar-refractivity contribution in [1.29, 1.82) is 0 Å². The minimum atomic E-state index is -0.469. The smallest absolute Gasteiger partial charge is 0.407 e. The minimum Gasteiger partial charge on any atom is -0.444 e. The number of nitrogens with zero attached hydrogens (tertiary/aromatic N) is 1. The molecular weight excluding hydrogens is 304 g/mol. The maximum Gasteiger partial charge on any atom is 0.407 e. The average Bonchev–Trinajstić information content (AvgIpc) is 3.00. The summed E-state index contributed by atoms with van der Waals surface area (Å²) in [4.78, 5) is 15.9. The quantitative estimate of drug-likeness (QED) is 0.776. The van der Waals surface area contributed by atoms with Crippen LogP contribution in [0.5, 0.6) is 0 Å². The highest BCUT2D eigenvalue weighted by Gasteiger charge is 2.16. The first kappa shape index (κ1) is 18.0. The molecule has 2 rings (SSSR count). The Morgan fingerprint density at radius 1 is 1.29 bits per heavy atom. The Morgan fingerprint density at radius 2 is 2.00 bits per heavy atom. The number of aromatic nitrogens is 1. The summed E-state index contributed by atoms with van der Waals surface area (Å²) in [7, 11) is 0. The Kier molecular flexibility index (Phi) is 6.01. The van der Waals surface area contributed by atoms with E-state index in [-0.39, 0.29) is 12.0 Å². The van der Waals surface area contributed by atoms with E-state index >= 15 is 0 Å². The van der Waals surface area contributed by atoms with Gasteiger partial charge in [-0.15, -0.1) is 0 Å². The van der Waals surface area contributed by atoms with E-state index in [0.29, 0.717) is 6.54 Å². The van der Waals surface area contributed by atoms with Crippen molar-refractivity contribution in [3.05, 3.63) is 42.4 Å². The van der Waals surface area contributed by atoms with Crippen LogP contribution in [0.25, 0.3) is 11.3 Å². The Bertz CT molecular complexity index is 644. The van der Waals surface area contributed by atoms with Gasteiger partial charge < -0.3 is 14.5 Å². The summed E-state index contributed by atoms with van der Waals surface area (Å²) in [6.45, 7) is 8.20. The van der Waals surface area contributed by atoms with Gasteiger partial charge in [-0.25, -0.2) is 9.78 Å². The topological polar surface area (TPSA) is 64.4 Å². The normalized spacial score (nSPS) is 12.7. The third-order valence-corrected chi connectivity index (χ3v) is 3.49. The van der Waals surface area contributed by atoms with Crippen LogP contribution < -0.4 is 5.32 Å². The second-order valence-electron chi connectivity index (χ2n) is 6.90. The van der Waals surface area contributed by atoms with Crippen LogP contribution in [-0.2, 0) is 4.74 Å². The first-order chi connectivity index (χ1) is 11.3. The molecule has 5 nitrogen and oxygen atoms in total. The van der Waals surface area contributed by atoms with Gasteiger partial charge >= 0.3 is 6.09 Å². The first-order valence-corrected chi connectivity index (χ1v) is 8.33. The molecule has 0 spiro atoms. The van der Waals surface area contributed by atoms with Crippen LogP contribution in [0.4, 0.5) is 4.79 Å². The summed E-state index contributed by atoms with van der Waals surface area (Å²) in [5.41, 5.74) is 0.554. The summed E-state index contributed by atoms with van der Waals surface area (Å²) in [6, 6.07) is 9.92. The number of hydrogen-bond donors (Lipinski definition) is 1. The van der Waals surface area contributed by atoms with Crippen LogP contribution in [-0.4, -0.2) is 23.2 Å². The van der Waals surface area contributed by atoms with Crippen molar-refractivity contribution in [2.24, 2.45) is 0 Å². The summed E-state index contributed by atoms with van der Waals surface area (Å²) >= 11 is 0. The highest BCUT2D eigenvalue weighted by Crippen LogP contribution is 2.25. The molecule has 0 aliphatic carbocycles. The molecule has 0 aliphatic rings. The maximum atomic E-state index is 11.6. The zero-order valence-corrected chi connectivity index (χ0v) is 14.8. The van der Waals surface area contributed by atoms with Crippen LogP contribution in [0.2, 0.25) is 0 Å². The highest BCUT2D eigenvalue weighted by atomic mass is 16.6. The van der Waals surface area contributed by atoms with Crippen LogP contribution >= 0.6 is 0 Å². The number of carbonyl (C=O) groups is 1. The van der Waals surface area contributed by atoms with Crippen LogP contribution in [0.15, 0.2) is 40.9 Å². The fourth-order valence-electron chi connectivity index (χ4n) is 2.29. The number of oxazole rings is 1. The van der Waals surface area contributed by atoms with Crippen LogP contribution in [0.3, 0.4) is 0 Å². The molecule has 1 aromatic carbocycles. The summed E-state index contributed by atoms with van der Waals surface area (Å²) in [5.74, 6) is 1.71. The predicted molar refractivity (Wildman–Crippen MR) is 93.8 cm³/mol. The van der Waals surface area contributed by atoms with Crippen LogP contribution in [0.1, 0.15) is 52.3 Å². The van der Waals surface area contributed by atoms with Crippen molar-refractivity contribution in [2.75, 3.05) is 6.54 Å². The molecule has 0 fully saturated rings. The maximum absolute atomic E-state index is 11.6. The minimum absolute atomic E-state index is 0.197. The Labute approximate surface area is 143 Å². The number of carbonyl (C=O) groups excluding carboxylic acids is 1. The van der Waals surface area contributed by atoms with E-state index in [4.69, 9.17) is 9.15 Å². The molecule has 0 saturated carbocycles. The molecule has 0 unspecified atom stereocenters. The van der Waals surface area contributed by atoms with Gasteiger partial charge in [0.1, 0.15) is 5.60 Å². The number of hydrogen-bond acceptors (Lipinski definition) is 4. The van der Waals surface area contributed by atoms with Gasteiger partial charge in [0.15, 0.2) is 11.7 Å². The van der Waals surface area contributed by atoms with Gasteiger partial charge in [-0.3, -0.25) is 0 Å². The molecule has 1 atom stereocenters. The fourth-order valence-corrected chi connectivity index (χ4v) is 2.29. The first-order valence-electron chi connectivity index (χ1n) is 8.33. The van der Waals surface area contributed by atoms with E-state index in [1.54, 1.807) is 6.20 Å². The molecule has 0 aliphatic heterocycles. The van der Waals surface area contributed by atoms with E-state index in [2.05, 4.69) is 17.2 Å². The number of amides is 1. The van der Waals surface area contributed by atoms with Gasteiger partial charge in [-0.2, -0.15) is 0 Å². The molecule has 1 heterocycles. The van der Waals surface area contributed by atoms with E-state index in [1.807, 2.05) is 51.1 Å². The lowest BCUT2D eigenvalue weighted by Crippen LogP contribution is -2.33. The molecular formula is C19H26N2O3. The third-order valence-electron chi connectivity index (χ3n) is 3.49. The molecule has 5 heteroatoms. The van der Waals surface area contributed by atoms with Crippen molar-refractivity contribution in [1.82, 2.24) is 10.3 Å². The molecule has 1 aromatic heterocycles. The van der Waals surface area contributed by atoms with E-state index < -0.39 is 5.60 Å². The lowest BCUT2D eigenvalue weighted by atomic mass is 10.1. The molecule has 0 saturated heterocycles. The average molecular weight is 330 g/mol. The van der Waals surface area contributed by atoms with E-state index in [9.17, 15) is 4.79 Å². The second kappa shape index (κ2) is 7.99. The van der Waals surface area contributed by atoms with Crippen molar-refractivity contribution in [3.8, 4) is 11.3 Å². The van der Waals surface area contributed by atoms with Gasteiger partial charge in [0.05, 0.1) is 6.20 Å². The van der Waals surface area contributed by atoms with Gasteiger partial charge in [0, 0.05) is 18.0 Å². The predicted octanol–water partition coefficient (Wildman–Crippen LogP) is 4.75. The van der Waals surface area contributed by atoms with Gasteiger partial charge in [-0.05, 0) is 33.6 Å². The summed E-state index contributed by atoms with van der Waals surface area (Å²) in [6.07, 6.45) is 3.10. The standard InChI is InChI=1S/C19H26N2O3/c1-14(9-8-12-20-18(22)24-19(2,3)4)17-21-13-16(23-17)15-10-6-5-7-11-15/h5-7,10-11,13-14H,8-9,12H2,1-4H3,(H,20,22)/t14-/m0/s1. The largest absolute Gasteiger partial charge is 0.444 e. The lowest BCUT2D eigenvalue weighted by Gasteiger charge is -2.19. The molecule has 24 heavy (non-hydrogen) atoms. The SMILES string of the molecule is C[C@@H](CCCNC(=O)OC(C)(C)C)c1ncc(-c2ccccc2)o1. The molecule has 130 valence electrons. The van der Waals surface area contributed by atoms with E-state index in [0.717, 1.165) is 30.1 Å². The van der Waals surface area contributed by atoms with Gasteiger partial charge in [0.2, 0.25) is 0 Å². The fraction of sp³-hybridized carbons (Fsp3) is 0.474. The number of benzene rings is 1. The molecule has 2 aromatic rings. The lowest BCUT2D eigenvalue weighted by molar-refractivity contribution is 0.0526. The monoisotopic (exact) mass is 330 g/mol. The highest BCUT2D eigenvalue weighted by molar-refractivity contribution is 5.67. The zero-order valence-electron chi connectivity index (χ0n) is 14.8. The van der Waals surface area contributed by atoms with E-state index in [1.165, 1.54) is 0 Å². The molecule has 1 N–H and O–H groups in total. The Balaban J connectivity index is 1.76. The van der Waals surface area contributed by atoms with Gasteiger partial charge in [0.25, 0.3) is 0 Å². The van der Waals surface area contributed by atoms with Crippen molar-refractivity contribution in [3.63, 3.8) is 0 Å². The summed E-state index contributed by atoms with van der Waals surface area (Å²) in [5, 5.41) is 2.76. The van der Waals surface area contributed by atoms with Crippen LogP contribution in [0, 0.1) is 0 Å².